The Bertz CT molecular complexity index is 114. The van der Waals surface area contributed by atoms with Crippen LogP contribution in [0, 0.1) is 0 Å². The summed E-state index contributed by atoms with van der Waals surface area (Å²) in [5.41, 5.74) is 7.79. The van der Waals surface area contributed by atoms with E-state index in [1.54, 1.807) is 0 Å². The van der Waals surface area contributed by atoms with Gasteiger partial charge in [0.15, 0.2) is 0 Å². The maximum atomic E-state index is 7.79. The third-order valence-corrected chi connectivity index (χ3v) is 0.590. The summed E-state index contributed by atoms with van der Waals surface area (Å²) in [6.07, 6.45) is -0.625. The average Bonchev–Trinajstić information content (AvgIpc) is 2.19. The van der Waals surface area contributed by atoms with Crippen LogP contribution in [0.15, 0.2) is 5.11 Å². The van der Waals surface area contributed by atoms with Crippen LogP contribution in [0.4, 0.5) is 0 Å². The van der Waals surface area contributed by atoms with E-state index in [-0.39, 0.29) is 6.61 Å². The van der Waals surface area contributed by atoms with Gasteiger partial charge in [-0.05, 0) is 5.53 Å². The molecule has 8 heavy (non-hydrogen) atoms. The number of azide groups is 1. The summed E-state index contributed by atoms with van der Waals surface area (Å²) in [4.78, 5) is 10.9. The van der Waals surface area contributed by atoms with E-state index >= 15 is 0 Å². The van der Waals surface area contributed by atoms with Crippen molar-refractivity contribution in [2.75, 3.05) is 6.61 Å². The van der Waals surface area contributed by atoms with Crippen LogP contribution in [0.2, 0.25) is 0 Å². The first kappa shape index (κ1) is 5.33. The van der Waals surface area contributed by atoms with E-state index < -0.39 is 6.23 Å². The van der Waals surface area contributed by atoms with Gasteiger partial charge in [-0.3, -0.25) is 0 Å². The molecule has 0 aromatic carbocycles. The summed E-state index contributed by atoms with van der Waals surface area (Å²) in [6.45, 7) is 0.157. The predicted molar refractivity (Wildman–Crippen MR) is 21.1 cm³/mol. The molecule has 1 saturated heterocycles. The minimum atomic E-state index is -0.625. The Kier molecular flexibility index (Phi) is 1.66. The molecule has 0 spiro atoms. The molecular weight excluding hydrogens is 114 g/mol. The summed E-state index contributed by atoms with van der Waals surface area (Å²) in [5.74, 6) is 0. The SMILES string of the molecule is [N-]=[N+]=NC1COOO1. The molecule has 0 aromatic rings. The molecule has 1 rings (SSSR count). The molecule has 1 atom stereocenters. The molecule has 6 nitrogen and oxygen atoms in total. The van der Waals surface area contributed by atoms with Gasteiger partial charge in [-0.2, -0.15) is 4.89 Å². The lowest BCUT2D eigenvalue weighted by molar-refractivity contribution is -0.459. The maximum Gasteiger partial charge on any atom is 0.201 e. The second-order valence-electron chi connectivity index (χ2n) is 1.11. The first-order valence-electron chi connectivity index (χ1n) is 1.92. The number of nitrogens with zero attached hydrogens (tertiary/aromatic N) is 3. The van der Waals surface area contributed by atoms with E-state index in [0.717, 1.165) is 0 Å². The molecule has 44 valence electrons. The third kappa shape index (κ3) is 1.08. The standard InChI is InChI=1S/C2H3N3O3/c3-5-4-2-1-6-8-7-2/h2H,1H2. The molecule has 0 N–H and O–H groups in total. The van der Waals surface area contributed by atoms with Crippen LogP contribution < -0.4 is 0 Å². The van der Waals surface area contributed by atoms with Gasteiger partial charge in [0, 0.05) is 4.91 Å². The molecule has 0 bridgehead atoms. The molecule has 1 aliphatic rings. The van der Waals surface area contributed by atoms with Crippen molar-refractivity contribution in [3.63, 3.8) is 0 Å². The Labute approximate surface area is 44.4 Å². The summed E-state index contributed by atoms with van der Waals surface area (Å²) in [7, 11) is 0. The summed E-state index contributed by atoms with van der Waals surface area (Å²) in [5, 5.41) is 7.08. The fourth-order valence-electron chi connectivity index (χ4n) is 0.297. The van der Waals surface area contributed by atoms with Crippen LogP contribution in [-0.4, -0.2) is 12.8 Å². The van der Waals surface area contributed by atoms with Crippen LogP contribution in [0.5, 0.6) is 0 Å². The van der Waals surface area contributed by atoms with E-state index in [4.69, 9.17) is 5.53 Å². The van der Waals surface area contributed by atoms with Gasteiger partial charge in [0.2, 0.25) is 6.23 Å². The van der Waals surface area contributed by atoms with Gasteiger partial charge < -0.3 is 0 Å². The van der Waals surface area contributed by atoms with Crippen LogP contribution in [0.25, 0.3) is 10.4 Å². The van der Waals surface area contributed by atoms with Gasteiger partial charge in [-0.1, -0.05) is 10.2 Å². The molecule has 1 unspecified atom stereocenters. The highest BCUT2D eigenvalue weighted by atomic mass is 17.5. The highest BCUT2D eigenvalue weighted by Crippen LogP contribution is 2.04. The van der Waals surface area contributed by atoms with Crippen LogP contribution >= 0.6 is 0 Å². The Balaban J connectivity index is 2.35. The van der Waals surface area contributed by atoms with Crippen molar-refractivity contribution in [3.05, 3.63) is 10.4 Å². The zero-order valence-electron chi connectivity index (χ0n) is 3.85. The van der Waals surface area contributed by atoms with Crippen molar-refractivity contribution in [1.29, 1.82) is 0 Å². The topological polar surface area (TPSA) is 76.5 Å². The van der Waals surface area contributed by atoms with E-state index in [2.05, 4.69) is 24.8 Å². The predicted octanol–water partition coefficient (Wildman–Crippen LogP) is 0.516. The summed E-state index contributed by atoms with van der Waals surface area (Å²) < 4.78 is 0. The Morgan fingerprint density at radius 1 is 1.75 bits per heavy atom. The third-order valence-electron chi connectivity index (χ3n) is 0.590. The molecule has 1 aliphatic heterocycles. The van der Waals surface area contributed by atoms with Gasteiger partial charge in [-0.15, -0.1) is 0 Å². The average molecular weight is 117 g/mol. The zero-order chi connectivity index (χ0) is 5.82. The van der Waals surface area contributed by atoms with Crippen LogP contribution in [-0.2, 0) is 14.8 Å². The highest BCUT2D eigenvalue weighted by Gasteiger charge is 2.15. The fraction of sp³-hybridized carbons (Fsp3) is 1.00. The molecule has 0 aromatic heterocycles. The zero-order valence-corrected chi connectivity index (χ0v) is 3.85. The minimum Gasteiger partial charge on any atom is -0.203 e. The Hall–Kier alpha value is -0.810. The molecule has 0 saturated carbocycles. The van der Waals surface area contributed by atoms with Gasteiger partial charge in [0.1, 0.15) is 6.61 Å². The van der Waals surface area contributed by atoms with Crippen LogP contribution in [0.3, 0.4) is 0 Å². The normalized spacial score (nSPS) is 27.2. The van der Waals surface area contributed by atoms with E-state index in [9.17, 15) is 0 Å². The number of hydrogen-bond donors (Lipinski definition) is 0. The van der Waals surface area contributed by atoms with E-state index in [0.29, 0.717) is 0 Å². The lowest BCUT2D eigenvalue weighted by Crippen LogP contribution is -2.02. The maximum absolute atomic E-state index is 7.79. The molecule has 0 aliphatic carbocycles. The Morgan fingerprint density at radius 2 is 2.62 bits per heavy atom. The van der Waals surface area contributed by atoms with Crippen molar-refractivity contribution in [2.24, 2.45) is 5.11 Å². The van der Waals surface area contributed by atoms with Crippen LogP contribution in [0.1, 0.15) is 0 Å². The fourth-order valence-corrected chi connectivity index (χ4v) is 0.297. The Morgan fingerprint density at radius 3 is 3.12 bits per heavy atom. The molecule has 1 heterocycles. The quantitative estimate of drug-likeness (QED) is 0.217. The lowest BCUT2D eigenvalue weighted by Gasteiger charge is -1.87. The van der Waals surface area contributed by atoms with Gasteiger partial charge in [-0.25, -0.2) is 4.89 Å². The smallest absolute Gasteiger partial charge is 0.201 e. The van der Waals surface area contributed by atoms with Gasteiger partial charge >= 0.3 is 0 Å². The highest BCUT2D eigenvalue weighted by molar-refractivity contribution is 4.52. The second-order valence-corrected chi connectivity index (χ2v) is 1.11. The van der Waals surface area contributed by atoms with Crippen molar-refractivity contribution in [1.82, 2.24) is 0 Å². The van der Waals surface area contributed by atoms with Crippen molar-refractivity contribution in [2.45, 2.75) is 6.23 Å². The van der Waals surface area contributed by atoms with E-state index in [1.807, 2.05) is 0 Å². The molecular formula is C2H3N3O3. The van der Waals surface area contributed by atoms with Crippen molar-refractivity contribution in [3.8, 4) is 0 Å². The van der Waals surface area contributed by atoms with Gasteiger partial charge in [0.25, 0.3) is 0 Å². The summed E-state index contributed by atoms with van der Waals surface area (Å²) >= 11 is 0. The first-order chi connectivity index (χ1) is 3.93. The van der Waals surface area contributed by atoms with Gasteiger partial charge in [0.05, 0.1) is 0 Å². The minimum absolute atomic E-state index is 0.157. The largest absolute Gasteiger partial charge is 0.203 e. The second kappa shape index (κ2) is 2.49. The first-order valence-corrected chi connectivity index (χ1v) is 1.92. The molecule has 1 fully saturated rings. The number of hydrogen-bond acceptors (Lipinski definition) is 4. The molecule has 0 radical (unpaired) electrons. The van der Waals surface area contributed by atoms with E-state index in [1.165, 1.54) is 0 Å². The molecule has 0 amide bonds. The van der Waals surface area contributed by atoms with Crippen molar-refractivity contribution >= 4 is 0 Å². The lowest BCUT2D eigenvalue weighted by atomic mass is 10.7. The summed E-state index contributed by atoms with van der Waals surface area (Å²) in [6, 6.07) is 0. The monoisotopic (exact) mass is 117 g/mol. The molecule has 6 heteroatoms. The van der Waals surface area contributed by atoms with Crippen molar-refractivity contribution < 1.29 is 14.8 Å². The number of rotatable bonds is 1.